The highest BCUT2D eigenvalue weighted by Crippen LogP contribution is 2.18. The van der Waals surface area contributed by atoms with Gasteiger partial charge in [-0.05, 0) is 63.4 Å². The number of anilines is 1. The summed E-state index contributed by atoms with van der Waals surface area (Å²) in [6.45, 7) is 0.451. The molecule has 0 atom stereocenters. The Morgan fingerprint density at radius 3 is 2.47 bits per heavy atom. The third kappa shape index (κ3) is 5.12. The van der Waals surface area contributed by atoms with Crippen LogP contribution in [0, 0.1) is 7.14 Å². The largest absolute Gasteiger partial charge is 0.384 e. The van der Waals surface area contributed by atoms with Crippen LogP contribution >= 0.6 is 45.2 Å². The Morgan fingerprint density at radius 2 is 1.93 bits per heavy atom. The Bertz CT molecular complexity index is 335. The standard InChI is InChI=1S/C10H11I2NO2/c1-15-3-2-10(14)13-9-5-7(11)4-8(12)6-9/h4-6H,2-3H2,1H3,(H,13,14). The molecule has 1 amide bonds. The Morgan fingerprint density at radius 1 is 1.33 bits per heavy atom. The number of hydrogen-bond acceptors (Lipinski definition) is 2. The lowest BCUT2D eigenvalue weighted by Crippen LogP contribution is -2.13. The fraction of sp³-hybridized carbons (Fsp3) is 0.300. The van der Waals surface area contributed by atoms with E-state index in [1.54, 1.807) is 7.11 Å². The maximum Gasteiger partial charge on any atom is 0.226 e. The maximum atomic E-state index is 11.4. The van der Waals surface area contributed by atoms with Crippen LogP contribution in [0.25, 0.3) is 0 Å². The third-order valence-corrected chi connectivity index (χ3v) is 2.93. The van der Waals surface area contributed by atoms with Crippen molar-refractivity contribution in [3.8, 4) is 0 Å². The number of rotatable bonds is 4. The molecule has 0 heterocycles. The Labute approximate surface area is 116 Å². The molecular formula is C10H11I2NO2. The average molecular weight is 431 g/mol. The summed E-state index contributed by atoms with van der Waals surface area (Å²) in [5.41, 5.74) is 0.840. The van der Waals surface area contributed by atoms with Crippen LogP contribution in [0.1, 0.15) is 6.42 Å². The lowest BCUT2D eigenvalue weighted by atomic mass is 10.3. The number of amides is 1. The van der Waals surface area contributed by atoms with Gasteiger partial charge in [-0.3, -0.25) is 4.79 Å². The van der Waals surface area contributed by atoms with Crippen LogP contribution in [0.15, 0.2) is 18.2 Å². The van der Waals surface area contributed by atoms with E-state index in [1.807, 2.05) is 18.2 Å². The molecule has 1 aromatic rings. The number of ether oxygens (including phenoxy) is 1. The zero-order valence-electron chi connectivity index (χ0n) is 8.22. The number of carbonyl (C=O) groups is 1. The van der Waals surface area contributed by atoms with E-state index in [9.17, 15) is 4.79 Å². The molecule has 0 radical (unpaired) electrons. The predicted octanol–water partition coefficient (Wildman–Crippen LogP) is 2.87. The number of benzene rings is 1. The fourth-order valence-electron chi connectivity index (χ4n) is 1.04. The van der Waals surface area contributed by atoms with Gasteiger partial charge in [0.2, 0.25) is 5.91 Å². The molecule has 15 heavy (non-hydrogen) atoms. The van der Waals surface area contributed by atoms with E-state index >= 15 is 0 Å². The van der Waals surface area contributed by atoms with Crippen LogP contribution < -0.4 is 5.32 Å². The van der Waals surface area contributed by atoms with Gasteiger partial charge in [0.1, 0.15) is 0 Å². The number of hydrogen-bond donors (Lipinski definition) is 1. The number of carbonyl (C=O) groups excluding carboxylic acids is 1. The summed E-state index contributed by atoms with van der Waals surface area (Å²) < 4.78 is 7.06. The minimum atomic E-state index is -0.0188. The molecule has 0 fully saturated rings. The smallest absolute Gasteiger partial charge is 0.226 e. The molecule has 5 heteroatoms. The fourth-order valence-corrected chi connectivity index (χ4v) is 2.98. The number of halogens is 2. The second-order valence-corrected chi connectivity index (χ2v) is 5.44. The van der Waals surface area contributed by atoms with Crippen molar-refractivity contribution in [2.45, 2.75) is 6.42 Å². The van der Waals surface area contributed by atoms with E-state index < -0.39 is 0 Å². The molecule has 0 aliphatic carbocycles. The topological polar surface area (TPSA) is 38.3 Å². The Balaban J connectivity index is 2.60. The predicted molar refractivity (Wildman–Crippen MR) is 77.0 cm³/mol. The monoisotopic (exact) mass is 431 g/mol. The zero-order valence-corrected chi connectivity index (χ0v) is 12.5. The highest BCUT2D eigenvalue weighted by Gasteiger charge is 2.03. The first-order valence-electron chi connectivity index (χ1n) is 4.36. The molecule has 1 N–H and O–H groups in total. The highest BCUT2D eigenvalue weighted by atomic mass is 127. The van der Waals surface area contributed by atoms with Gasteiger partial charge in [-0.1, -0.05) is 0 Å². The SMILES string of the molecule is COCCC(=O)Nc1cc(I)cc(I)c1. The van der Waals surface area contributed by atoms with Gasteiger partial charge in [-0.2, -0.15) is 0 Å². The molecule has 0 aliphatic rings. The average Bonchev–Trinajstić information content (AvgIpc) is 2.13. The first-order valence-corrected chi connectivity index (χ1v) is 6.52. The minimum absolute atomic E-state index is 0.0188. The Kier molecular flexibility index (Phi) is 5.83. The summed E-state index contributed by atoms with van der Waals surface area (Å²) in [6.07, 6.45) is 0.387. The van der Waals surface area contributed by atoms with E-state index in [4.69, 9.17) is 4.74 Å². The van der Waals surface area contributed by atoms with Crippen LogP contribution in [0.4, 0.5) is 5.69 Å². The number of methoxy groups -OCH3 is 1. The molecule has 0 unspecified atom stereocenters. The highest BCUT2D eigenvalue weighted by molar-refractivity contribution is 14.1. The van der Waals surface area contributed by atoms with Crippen molar-refractivity contribution in [1.82, 2.24) is 0 Å². The molecule has 1 aromatic carbocycles. The maximum absolute atomic E-state index is 11.4. The molecule has 0 aliphatic heterocycles. The quantitative estimate of drug-likeness (QED) is 0.746. The molecule has 0 spiro atoms. The summed E-state index contributed by atoms with van der Waals surface area (Å²) in [5, 5.41) is 2.83. The van der Waals surface area contributed by atoms with Crippen LogP contribution in [0.5, 0.6) is 0 Å². The van der Waals surface area contributed by atoms with E-state index in [1.165, 1.54) is 0 Å². The van der Waals surface area contributed by atoms with Crippen molar-refractivity contribution in [1.29, 1.82) is 0 Å². The van der Waals surface area contributed by atoms with Crippen LogP contribution in [0.3, 0.4) is 0 Å². The molecule has 82 valence electrons. The van der Waals surface area contributed by atoms with Gasteiger partial charge in [-0.25, -0.2) is 0 Å². The van der Waals surface area contributed by atoms with E-state index in [2.05, 4.69) is 50.5 Å². The summed E-state index contributed by atoms with van der Waals surface area (Å²) in [4.78, 5) is 11.4. The van der Waals surface area contributed by atoms with Crippen LogP contribution in [0.2, 0.25) is 0 Å². The van der Waals surface area contributed by atoms with Gasteiger partial charge in [0.05, 0.1) is 13.0 Å². The summed E-state index contributed by atoms with van der Waals surface area (Å²) in [7, 11) is 1.58. The normalized spacial score (nSPS) is 10.1. The minimum Gasteiger partial charge on any atom is -0.384 e. The van der Waals surface area contributed by atoms with Gasteiger partial charge in [-0.15, -0.1) is 0 Å². The van der Waals surface area contributed by atoms with Crippen molar-refractivity contribution in [2.75, 3.05) is 19.0 Å². The molecule has 1 rings (SSSR count). The molecule has 3 nitrogen and oxygen atoms in total. The molecule has 0 aromatic heterocycles. The summed E-state index contributed by atoms with van der Waals surface area (Å²) in [5.74, 6) is -0.0188. The first-order chi connectivity index (χ1) is 7.11. The molecular weight excluding hydrogens is 420 g/mol. The molecule has 0 saturated heterocycles. The first kappa shape index (κ1) is 13.2. The van der Waals surface area contributed by atoms with E-state index in [0.717, 1.165) is 12.8 Å². The van der Waals surface area contributed by atoms with Crippen molar-refractivity contribution >= 4 is 56.8 Å². The van der Waals surface area contributed by atoms with Gasteiger partial charge >= 0.3 is 0 Å². The molecule has 0 saturated carbocycles. The lowest BCUT2D eigenvalue weighted by Gasteiger charge is -2.06. The Hall–Kier alpha value is 0.110. The number of nitrogens with one attached hydrogen (secondary N) is 1. The van der Waals surface area contributed by atoms with Crippen molar-refractivity contribution in [2.24, 2.45) is 0 Å². The zero-order chi connectivity index (χ0) is 11.3. The van der Waals surface area contributed by atoms with Gasteiger partial charge < -0.3 is 10.1 Å². The lowest BCUT2D eigenvalue weighted by molar-refractivity contribution is -0.117. The van der Waals surface area contributed by atoms with Gasteiger partial charge in [0.15, 0.2) is 0 Å². The summed E-state index contributed by atoms with van der Waals surface area (Å²) >= 11 is 4.45. The van der Waals surface area contributed by atoms with E-state index in [0.29, 0.717) is 13.0 Å². The van der Waals surface area contributed by atoms with Gasteiger partial charge in [0.25, 0.3) is 0 Å². The van der Waals surface area contributed by atoms with Crippen molar-refractivity contribution in [3.05, 3.63) is 25.3 Å². The second kappa shape index (κ2) is 6.64. The molecule has 0 bridgehead atoms. The van der Waals surface area contributed by atoms with Crippen LogP contribution in [-0.4, -0.2) is 19.6 Å². The summed E-state index contributed by atoms with van der Waals surface area (Å²) in [6, 6.07) is 5.92. The third-order valence-electron chi connectivity index (χ3n) is 1.68. The van der Waals surface area contributed by atoms with E-state index in [-0.39, 0.29) is 5.91 Å². The van der Waals surface area contributed by atoms with Crippen molar-refractivity contribution in [3.63, 3.8) is 0 Å². The van der Waals surface area contributed by atoms with Crippen LogP contribution in [-0.2, 0) is 9.53 Å². The second-order valence-electron chi connectivity index (χ2n) is 2.95. The van der Waals surface area contributed by atoms with Gasteiger partial charge in [0, 0.05) is 19.9 Å². The van der Waals surface area contributed by atoms with Crippen molar-refractivity contribution < 1.29 is 9.53 Å².